The Kier molecular flexibility index (Phi) is 5.16. The number of benzene rings is 1. The molecule has 0 heterocycles. The first kappa shape index (κ1) is 16.9. The highest BCUT2D eigenvalue weighted by Gasteiger charge is 2.26. The summed E-state index contributed by atoms with van der Waals surface area (Å²) in [6, 6.07) is 5.88. The summed E-state index contributed by atoms with van der Waals surface area (Å²) >= 11 is 0. The highest BCUT2D eigenvalue weighted by Crippen LogP contribution is 2.31. The number of nitrogens with zero attached hydrogens (tertiary/aromatic N) is 1. The maximum absolute atomic E-state index is 11.1. The molecular formula is C16H25NO2Si. The van der Waals surface area contributed by atoms with Crippen LogP contribution in [0.4, 0.5) is 5.69 Å². The third-order valence-electron chi connectivity index (χ3n) is 2.90. The van der Waals surface area contributed by atoms with Gasteiger partial charge in [-0.25, -0.2) is 0 Å². The molecule has 0 fully saturated rings. The van der Waals surface area contributed by atoms with Crippen LogP contribution >= 0.6 is 0 Å². The summed E-state index contributed by atoms with van der Waals surface area (Å²) in [7, 11) is 4.35. The second-order valence-electron chi connectivity index (χ2n) is 6.79. The molecule has 110 valence electrons. The molecule has 0 N–H and O–H groups in total. The van der Waals surface area contributed by atoms with Crippen molar-refractivity contribution in [2.45, 2.75) is 45.3 Å². The molecule has 1 rings (SSSR count). The average molecular weight is 291 g/mol. The maximum Gasteiger partial charge on any atom is 0.236 e. The van der Waals surface area contributed by atoms with Crippen LogP contribution in [0.25, 0.3) is 0 Å². The van der Waals surface area contributed by atoms with Crippen molar-refractivity contribution in [1.82, 2.24) is 0 Å². The van der Waals surface area contributed by atoms with E-state index in [4.69, 9.17) is 4.43 Å². The summed E-state index contributed by atoms with van der Waals surface area (Å²) in [5.41, 5.74) is 2.32. The Hall–Kier alpha value is -1.13. The lowest BCUT2D eigenvalue weighted by atomic mass is 9.96. The highest BCUT2D eigenvalue weighted by molar-refractivity contribution is 6.31. The quantitative estimate of drug-likeness (QED) is 0.612. The lowest BCUT2D eigenvalue weighted by Crippen LogP contribution is -2.28. The number of hydrogen-bond acceptors (Lipinski definition) is 3. The SMILES string of the molecule is CN(C)c1cc(C=O)cc(C(C)(C)O[Si]C(C)(C)C)c1. The third-order valence-corrected chi connectivity index (χ3v) is 4.12. The van der Waals surface area contributed by atoms with Gasteiger partial charge in [0.25, 0.3) is 0 Å². The van der Waals surface area contributed by atoms with Crippen LogP contribution in [-0.2, 0) is 10.0 Å². The van der Waals surface area contributed by atoms with E-state index in [9.17, 15) is 4.79 Å². The van der Waals surface area contributed by atoms with Gasteiger partial charge in [0, 0.05) is 25.3 Å². The van der Waals surface area contributed by atoms with Gasteiger partial charge >= 0.3 is 0 Å². The van der Waals surface area contributed by atoms with E-state index in [2.05, 4.69) is 40.7 Å². The molecule has 0 amide bonds. The van der Waals surface area contributed by atoms with Crippen LogP contribution in [0.5, 0.6) is 0 Å². The minimum absolute atomic E-state index is 0.143. The van der Waals surface area contributed by atoms with Gasteiger partial charge in [-0.15, -0.1) is 0 Å². The monoisotopic (exact) mass is 291 g/mol. The van der Waals surface area contributed by atoms with Crippen molar-refractivity contribution in [2.75, 3.05) is 19.0 Å². The first-order chi connectivity index (χ1) is 9.05. The van der Waals surface area contributed by atoms with Crippen molar-refractivity contribution >= 4 is 21.7 Å². The zero-order valence-electron chi connectivity index (χ0n) is 13.6. The Balaban J connectivity index is 3.09. The van der Waals surface area contributed by atoms with Gasteiger partial charge in [0.15, 0.2) is 0 Å². The standard InChI is InChI=1S/C16H25NO2Si/c1-15(2,3)20-19-16(4,5)13-8-12(11-18)9-14(10-13)17(6)7/h8-11H,1-7H3. The molecule has 0 bridgehead atoms. The summed E-state index contributed by atoms with van der Waals surface area (Å²) in [6.45, 7) is 10.6. The van der Waals surface area contributed by atoms with Gasteiger partial charge in [-0.1, -0.05) is 20.8 Å². The van der Waals surface area contributed by atoms with Crippen LogP contribution in [0.3, 0.4) is 0 Å². The zero-order valence-corrected chi connectivity index (χ0v) is 14.6. The lowest BCUT2D eigenvalue weighted by molar-refractivity contribution is 0.109. The minimum Gasteiger partial charge on any atom is -0.408 e. The summed E-state index contributed by atoms with van der Waals surface area (Å²) in [4.78, 5) is 13.1. The summed E-state index contributed by atoms with van der Waals surface area (Å²) in [5, 5.41) is 0.143. The predicted molar refractivity (Wildman–Crippen MR) is 85.7 cm³/mol. The lowest BCUT2D eigenvalue weighted by Gasteiger charge is -2.30. The van der Waals surface area contributed by atoms with Crippen LogP contribution in [0.2, 0.25) is 5.04 Å². The normalized spacial score (nSPS) is 12.3. The molecule has 0 aliphatic rings. The molecule has 0 aromatic heterocycles. The number of rotatable bonds is 5. The molecule has 0 spiro atoms. The molecule has 2 radical (unpaired) electrons. The molecule has 0 unspecified atom stereocenters. The average Bonchev–Trinajstić information content (AvgIpc) is 2.35. The first-order valence-electron chi connectivity index (χ1n) is 6.78. The molecule has 3 nitrogen and oxygen atoms in total. The maximum atomic E-state index is 11.1. The van der Waals surface area contributed by atoms with E-state index >= 15 is 0 Å². The second-order valence-corrected chi connectivity index (χ2v) is 8.70. The van der Waals surface area contributed by atoms with Crippen molar-refractivity contribution in [2.24, 2.45) is 0 Å². The fourth-order valence-electron chi connectivity index (χ4n) is 1.65. The second kappa shape index (κ2) is 6.10. The third kappa shape index (κ3) is 4.76. The van der Waals surface area contributed by atoms with Crippen molar-refractivity contribution in [3.63, 3.8) is 0 Å². The van der Waals surface area contributed by atoms with Gasteiger partial charge in [-0.3, -0.25) is 4.79 Å². The zero-order chi connectivity index (χ0) is 15.6. The van der Waals surface area contributed by atoms with E-state index < -0.39 is 5.60 Å². The number of carbonyl (C=O) groups excluding carboxylic acids is 1. The fraction of sp³-hybridized carbons (Fsp3) is 0.562. The van der Waals surface area contributed by atoms with Gasteiger partial charge in [0.2, 0.25) is 9.76 Å². The van der Waals surface area contributed by atoms with E-state index in [1.807, 2.05) is 31.1 Å². The van der Waals surface area contributed by atoms with Crippen LogP contribution in [0.15, 0.2) is 18.2 Å². The van der Waals surface area contributed by atoms with Crippen LogP contribution in [0, 0.1) is 0 Å². The van der Waals surface area contributed by atoms with E-state index in [1.54, 1.807) is 0 Å². The van der Waals surface area contributed by atoms with Crippen molar-refractivity contribution in [1.29, 1.82) is 0 Å². The van der Waals surface area contributed by atoms with E-state index in [1.165, 1.54) is 0 Å². The molecule has 0 aliphatic carbocycles. The fourth-order valence-corrected chi connectivity index (χ4v) is 2.33. The van der Waals surface area contributed by atoms with Gasteiger partial charge in [-0.05, 0) is 42.6 Å². The number of carbonyl (C=O) groups is 1. The summed E-state index contributed by atoms with van der Waals surface area (Å²) in [5.74, 6) is 0. The van der Waals surface area contributed by atoms with Crippen LogP contribution in [0.1, 0.15) is 50.5 Å². The topological polar surface area (TPSA) is 29.5 Å². The van der Waals surface area contributed by atoms with Crippen molar-refractivity contribution in [3.05, 3.63) is 29.3 Å². The van der Waals surface area contributed by atoms with Crippen molar-refractivity contribution < 1.29 is 9.22 Å². The molecule has 20 heavy (non-hydrogen) atoms. The number of hydrogen-bond donors (Lipinski definition) is 0. The molecular weight excluding hydrogens is 266 g/mol. The van der Waals surface area contributed by atoms with Gasteiger partial charge in [-0.2, -0.15) is 0 Å². The molecule has 1 aromatic rings. The van der Waals surface area contributed by atoms with Crippen molar-refractivity contribution in [3.8, 4) is 0 Å². The van der Waals surface area contributed by atoms with E-state index in [-0.39, 0.29) is 5.04 Å². The Morgan fingerprint density at radius 3 is 2.15 bits per heavy atom. The molecule has 0 saturated heterocycles. The van der Waals surface area contributed by atoms with Crippen LogP contribution < -0.4 is 4.90 Å². The van der Waals surface area contributed by atoms with Gasteiger partial charge in [0.1, 0.15) is 6.29 Å². The smallest absolute Gasteiger partial charge is 0.236 e. The van der Waals surface area contributed by atoms with E-state index in [0.29, 0.717) is 15.3 Å². The molecule has 0 aliphatic heterocycles. The number of anilines is 1. The predicted octanol–water partition coefficient (Wildman–Crippen LogP) is 3.65. The highest BCUT2D eigenvalue weighted by atomic mass is 28.2. The Morgan fingerprint density at radius 1 is 1.10 bits per heavy atom. The molecule has 0 atom stereocenters. The summed E-state index contributed by atoms with van der Waals surface area (Å²) < 4.78 is 6.11. The first-order valence-corrected chi connectivity index (χ1v) is 7.69. The van der Waals surface area contributed by atoms with E-state index in [0.717, 1.165) is 17.5 Å². The molecule has 0 saturated carbocycles. The summed E-state index contributed by atoms with van der Waals surface area (Å²) in [6.07, 6.45) is 0.888. The van der Waals surface area contributed by atoms with Gasteiger partial charge < -0.3 is 9.33 Å². The Morgan fingerprint density at radius 2 is 1.70 bits per heavy atom. The Bertz CT molecular complexity index is 476. The largest absolute Gasteiger partial charge is 0.408 e. The molecule has 4 heteroatoms. The van der Waals surface area contributed by atoms with Gasteiger partial charge in [0.05, 0.1) is 5.60 Å². The number of aldehydes is 1. The van der Waals surface area contributed by atoms with Crippen LogP contribution in [-0.4, -0.2) is 30.1 Å². The molecule has 1 aromatic carbocycles. The Labute approximate surface area is 125 Å². The minimum atomic E-state index is -0.407.